The molecule has 0 saturated carbocycles. The number of rotatable bonds is 7. The van der Waals surface area contributed by atoms with Crippen LogP contribution in [-0.4, -0.2) is 11.7 Å². The van der Waals surface area contributed by atoms with Crippen LogP contribution in [0.3, 0.4) is 0 Å². The lowest BCUT2D eigenvalue weighted by Crippen LogP contribution is -2.20. The van der Waals surface area contributed by atoms with Crippen molar-refractivity contribution >= 4 is 23.2 Å². The van der Waals surface area contributed by atoms with E-state index in [0.29, 0.717) is 10.0 Å². The first kappa shape index (κ1) is 15.8. The van der Waals surface area contributed by atoms with E-state index in [1.807, 2.05) is 13.0 Å². The van der Waals surface area contributed by atoms with Crippen LogP contribution in [0.2, 0.25) is 10.0 Å². The first-order chi connectivity index (χ1) is 8.47. The minimum Gasteiger partial charge on any atom is -0.385 e. The molecule has 0 saturated heterocycles. The van der Waals surface area contributed by atoms with E-state index >= 15 is 0 Å². The van der Waals surface area contributed by atoms with E-state index in [9.17, 15) is 5.11 Å². The molecule has 1 aromatic rings. The van der Waals surface area contributed by atoms with Crippen LogP contribution < -0.4 is 5.73 Å². The summed E-state index contributed by atoms with van der Waals surface area (Å²) in [5.41, 5.74) is 5.41. The number of aliphatic hydroxyl groups is 1. The van der Waals surface area contributed by atoms with Gasteiger partial charge in [0.1, 0.15) is 0 Å². The minimum absolute atomic E-state index is 0.484. The van der Waals surface area contributed by atoms with Crippen molar-refractivity contribution in [3.63, 3.8) is 0 Å². The van der Waals surface area contributed by atoms with Gasteiger partial charge < -0.3 is 10.8 Å². The van der Waals surface area contributed by atoms with Crippen molar-refractivity contribution in [2.45, 2.75) is 44.6 Å². The molecule has 1 rings (SSSR count). The van der Waals surface area contributed by atoms with Crippen molar-refractivity contribution < 1.29 is 5.11 Å². The highest BCUT2D eigenvalue weighted by atomic mass is 35.5. The second-order valence-electron chi connectivity index (χ2n) is 4.86. The molecule has 1 atom stereocenters. The highest BCUT2D eigenvalue weighted by Crippen LogP contribution is 2.31. The predicted molar refractivity (Wildman–Crippen MR) is 78.2 cm³/mol. The van der Waals surface area contributed by atoms with Crippen LogP contribution in [0.1, 0.15) is 44.6 Å². The summed E-state index contributed by atoms with van der Waals surface area (Å²) in [5, 5.41) is 11.4. The fraction of sp³-hybridized carbons (Fsp3) is 0.571. The Bertz CT molecular complexity index is 380. The van der Waals surface area contributed by atoms with Crippen LogP contribution in [0.4, 0.5) is 0 Å². The van der Waals surface area contributed by atoms with E-state index in [1.165, 1.54) is 0 Å². The Morgan fingerprint density at radius 3 is 2.39 bits per heavy atom. The molecule has 4 heteroatoms. The minimum atomic E-state index is -0.850. The molecule has 0 bridgehead atoms. The van der Waals surface area contributed by atoms with E-state index < -0.39 is 5.60 Å². The van der Waals surface area contributed by atoms with Crippen molar-refractivity contribution in [3.05, 3.63) is 33.8 Å². The maximum Gasteiger partial charge on any atom is 0.0869 e. The molecule has 0 spiro atoms. The van der Waals surface area contributed by atoms with E-state index in [-0.39, 0.29) is 0 Å². The third-order valence-electron chi connectivity index (χ3n) is 3.16. The molecule has 18 heavy (non-hydrogen) atoms. The number of nitrogens with two attached hydrogens (primary N) is 1. The van der Waals surface area contributed by atoms with Gasteiger partial charge in [-0.05, 0) is 44.0 Å². The number of benzene rings is 1. The maximum atomic E-state index is 10.4. The molecule has 0 radical (unpaired) electrons. The topological polar surface area (TPSA) is 46.2 Å². The average Bonchev–Trinajstić information content (AvgIpc) is 2.32. The molecule has 0 aliphatic heterocycles. The summed E-state index contributed by atoms with van der Waals surface area (Å²) in [6.07, 6.45) is 4.96. The molecule has 0 aliphatic carbocycles. The van der Waals surface area contributed by atoms with Gasteiger partial charge in [0.15, 0.2) is 0 Å². The van der Waals surface area contributed by atoms with Crippen LogP contribution in [0, 0.1) is 0 Å². The Morgan fingerprint density at radius 1 is 1.11 bits per heavy atom. The van der Waals surface area contributed by atoms with Crippen molar-refractivity contribution in [1.82, 2.24) is 0 Å². The van der Waals surface area contributed by atoms with Crippen molar-refractivity contribution in [3.8, 4) is 0 Å². The number of hydrogen-bond donors (Lipinski definition) is 2. The lowest BCUT2D eigenvalue weighted by Gasteiger charge is -2.24. The zero-order chi connectivity index (χ0) is 13.6. The Balaban J connectivity index is 2.54. The standard InChI is InChI=1S/C14H21Cl2NO/c1-14(18,8-4-2-3-5-9-17)11-6-7-12(15)13(16)10-11/h6-7,10,18H,2-5,8-9,17H2,1H3/t14-/m1/s1. The van der Waals surface area contributed by atoms with Gasteiger partial charge in [-0.2, -0.15) is 0 Å². The Labute approximate surface area is 119 Å². The smallest absolute Gasteiger partial charge is 0.0869 e. The first-order valence-electron chi connectivity index (χ1n) is 6.35. The zero-order valence-electron chi connectivity index (χ0n) is 10.8. The molecular formula is C14H21Cl2NO. The zero-order valence-corrected chi connectivity index (χ0v) is 12.3. The monoisotopic (exact) mass is 289 g/mol. The summed E-state index contributed by atoms with van der Waals surface area (Å²) >= 11 is 11.8. The Hall–Kier alpha value is -0.280. The van der Waals surface area contributed by atoms with Crippen LogP contribution in [0.5, 0.6) is 0 Å². The molecule has 102 valence electrons. The van der Waals surface area contributed by atoms with Gasteiger partial charge >= 0.3 is 0 Å². The molecule has 0 amide bonds. The second kappa shape index (κ2) is 7.34. The van der Waals surface area contributed by atoms with E-state index in [1.54, 1.807) is 12.1 Å². The quantitative estimate of drug-likeness (QED) is 0.742. The molecule has 0 fully saturated rings. The van der Waals surface area contributed by atoms with Crippen LogP contribution in [-0.2, 0) is 5.60 Å². The molecule has 2 nitrogen and oxygen atoms in total. The predicted octanol–water partition coefficient (Wildman–Crippen LogP) is 4.11. The van der Waals surface area contributed by atoms with Gasteiger partial charge in [-0.15, -0.1) is 0 Å². The lowest BCUT2D eigenvalue weighted by molar-refractivity contribution is 0.0448. The summed E-state index contributed by atoms with van der Waals surface area (Å²) < 4.78 is 0. The SMILES string of the molecule is C[C@@](O)(CCCCCCN)c1ccc(Cl)c(Cl)c1. The third kappa shape index (κ3) is 4.77. The van der Waals surface area contributed by atoms with Gasteiger partial charge in [0.05, 0.1) is 15.6 Å². The number of unbranched alkanes of at least 4 members (excludes halogenated alkanes) is 3. The summed E-state index contributed by atoms with van der Waals surface area (Å²) in [6, 6.07) is 5.29. The Kier molecular flexibility index (Phi) is 6.44. The highest BCUT2D eigenvalue weighted by molar-refractivity contribution is 6.42. The van der Waals surface area contributed by atoms with Gasteiger partial charge in [0.2, 0.25) is 0 Å². The van der Waals surface area contributed by atoms with Crippen LogP contribution >= 0.6 is 23.2 Å². The lowest BCUT2D eigenvalue weighted by atomic mass is 9.90. The largest absolute Gasteiger partial charge is 0.385 e. The van der Waals surface area contributed by atoms with Crippen molar-refractivity contribution in [2.24, 2.45) is 5.73 Å². The molecule has 0 heterocycles. The van der Waals surface area contributed by atoms with Crippen LogP contribution in [0.25, 0.3) is 0 Å². The Morgan fingerprint density at radius 2 is 1.78 bits per heavy atom. The molecular weight excluding hydrogens is 269 g/mol. The summed E-state index contributed by atoms with van der Waals surface area (Å²) in [4.78, 5) is 0. The fourth-order valence-corrected chi connectivity index (χ4v) is 2.24. The second-order valence-corrected chi connectivity index (χ2v) is 5.67. The van der Waals surface area contributed by atoms with Gasteiger partial charge in [0, 0.05) is 0 Å². The van der Waals surface area contributed by atoms with E-state index in [4.69, 9.17) is 28.9 Å². The molecule has 0 unspecified atom stereocenters. The highest BCUT2D eigenvalue weighted by Gasteiger charge is 2.23. The van der Waals surface area contributed by atoms with Gasteiger partial charge in [0.25, 0.3) is 0 Å². The molecule has 0 aromatic heterocycles. The molecule has 3 N–H and O–H groups in total. The van der Waals surface area contributed by atoms with Gasteiger partial charge in [-0.1, -0.05) is 48.5 Å². The summed E-state index contributed by atoms with van der Waals surface area (Å²) in [7, 11) is 0. The molecule has 1 aromatic carbocycles. The fourth-order valence-electron chi connectivity index (χ4n) is 1.94. The summed E-state index contributed by atoms with van der Waals surface area (Å²) in [5.74, 6) is 0. The van der Waals surface area contributed by atoms with Gasteiger partial charge in [-0.25, -0.2) is 0 Å². The van der Waals surface area contributed by atoms with Gasteiger partial charge in [-0.3, -0.25) is 0 Å². The van der Waals surface area contributed by atoms with Crippen LogP contribution in [0.15, 0.2) is 18.2 Å². The third-order valence-corrected chi connectivity index (χ3v) is 3.90. The van der Waals surface area contributed by atoms with Crippen molar-refractivity contribution in [2.75, 3.05) is 6.54 Å². The normalized spacial score (nSPS) is 14.5. The van der Waals surface area contributed by atoms with E-state index in [2.05, 4.69) is 0 Å². The maximum absolute atomic E-state index is 10.4. The number of hydrogen-bond acceptors (Lipinski definition) is 2. The van der Waals surface area contributed by atoms with E-state index in [0.717, 1.165) is 44.2 Å². The first-order valence-corrected chi connectivity index (χ1v) is 7.11. The molecule has 0 aliphatic rings. The van der Waals surface area contributed by atoms with Crippen molar-refractivity contribution in [1.29, 1.82) is 0 Å². The average molecular weight is 290 g/mol. The number of halogens is 2. The summed E-state index contributed by atoms with van der Waals surface area (Å²) in [6.45, 7) is 2.55.